The lowest BCUT2D eigenvalue weighted by Crippen LogP contribution is -2.21. The van der Waals surface area contributed by atoms with E-state index < -0.39 is 9.06 Å². The third kappa shape index (κ3) is 6.65. The van der Waals surface area contributed by atoms with Gasteiger partial charge in [0.05, 0.1) is 0 Å². The lowest BCUT2D eigenvalue weighted by Gasteiger charge is -2.02. The first-order valence-electron chi connectivity index (χ1n) is 3.76. The summed E-state index contributed by atoms with van der Waals surface area (Å²) in [5.41, 5.74) is 0. The predicted molar refractivity (Wildman–Crippen MR) is 50.0 cm³/mol. The zero-order valence-electron chi connectivity index (χ0n) is 6.96. The molecule has 0 radical (unpaired) electrons. The van der Waals surface area contributed by atoms with Crippen LogP contribution in [0.3, 0.4) is 0 Å². The van der Waals surface area contributed by atoms with Crippen LogP contribution in [0.5, 0.6) is 0 Å². The van der Waals surface area contributed by atoms with E-state index in [1.807, 2.05) is 13.8 Å². The third-order valence-corrected chi connectivity index (χ3v) is 4.18. The minimum atomic E-state index is -3.04. The van der Waals surface area contributed by atoms with Crippen molar-refractivity contribution in [2.24, 2.45) is 0 Å². The van der Waals surface area contributed by atoms with E-state index in [0.29, 0.717) is 12.3 Å². The van der Waals surface area contributed by atoms with Crippen LogP contribution < -0.4 is 4.72 Å². The lowest BCUT2D eigenvalue weighted by atomic mass is 10.3. The molecule has 0 saturated carbocycles. The molecule has 0 aromatic carbocycles. The molecule has 0 aliphatic rings. The van der Waals surface area contributed by atoms with E-state index >= 15 is 0 Å². The van der Waals surface area contributed by atoms with Crippen molar-refractivity contribution in [2.45, 2.75) is 26.7 Å². The van der Waals surface area contributed by atoms with Crippen molar-refractivity contribution in [3.63, 3.8) is 0 Å². The van der Waals surface area contributed by atoms with Crippen LogP contribution in [0.25, 0.3) is 0 Å². The summed E-state index contributed by atoms with van der Waals surface area (Å²) in [5.74, 6) is 0.599. The normalized spacial score (nSPS) is 11.8. The summed E-state index contributed by atoms with van der Waals surface area (Å²) in [6.45, 7) is 4.41. The first-order valence-corrected chi connectivity index (χ1v) is 6.75. The summed E-state index contributed by atoms with van der Waals surface area (Å²) in [6, 6.07) is 0. The molecule has 0 atom stereocenters. The molecule has 68 valence electrons. The number of hydrogen-bond donors (Lipinski definition) is 1. The predicted octanol–water partition coefficient (Wildman–Crippen LogP) is 1.37. The number of unbranched alkanes of at least 4 members (excludes halogenated alkanes) is 1. The number of hydrogen-bond acceptors (Lipinski definition) is 3. The highest BCUT2D eigenvalue weighted by Crippen LogP contribution is 2.07. The summed E-state index contributed by atoms with van der Waals surface area (Å²) in [7, 11) is -2.09. The van der Waals surface area contributed by atoms with Crippen molar-refractivity contribution < 1.29 is 8.42 Å². The Hall–Kier alpha value is 0.260. The van der Waals surface area contributed by atoms with Gasteiger partial charge in [0.2, 0.25) is 0 Å². The molecule has 0 aliphatic heterocycles. The van der Waals surface area contributed by atoms with Crippen molar-refractivity contribution >= 4 is 19.8 Å². The second-order valence-electron chi connectivity index (χ2n) is 2.11. The van der Waals surface area contributed by atoms with Crippen molar-refractivity contribution in [1.82, 2.24) is 4.72 Å². The van der Waals surface area contributed by atoms with E-state index in [4.69, 9.17) is 0 Å². The lowest BCUT2D eigenvalue weighted by molar-refractivity contribution is 0.594. The largest absolute Gasteiger partial charge is 0.264 e. The van der Waals surface area contributed by atoms with E-state index in [1.54, 1.807) is 0 Å². The first-order chi connectivity index (χ1) is 5.12. The van der Waals surface area contributed by atoms with Gasteiger partial charge in [0, 0.05) is 12.3 Å². The van der Waals surface area contributed by atoms with E-state index in [0.717, 1.165) is 23.6 Å². The van der Waals surface area contributed by atoms with Crippen LogP contribution in [0, 0.1) is 0 Å². The molecule has 0 aromatic rings. The molecule has 0 aliphatic carbocycles. The van der Waals surface area contributed by atoms with Gasteiger partial charge in [0.15, 0.2) is 0 Å². The molecule has 0 rings (SSSR count). The summed E-state index contributed by atoms with van der Waals surface area (Å²) >= 11 is 0. The van der Waals surface area contributed by atoms with E-state index in [1.165, 1.54) is 0 Å². The van der Waals surface area contributed by atoms with Gasteiger partial charge < -0.3 is 0 Å². The second-order valence-corrected chi connectivity index (χ2v) is 6.14. The fourth-order valence-electron chi connectivity index (χ4n) is 0.571. The summed E-state index contributed by atoms with van der Waals surface area (Å²) in [5, 5.41) is 0. The molecule has 1 N–H and O–H groups in total. The van der Waals surface area contributed by atoms with Crippen LogP contribution >= 0.6 is 10.8 Å². The Morgan fingerprint density at radius 2 is 2.00 bits per heavy atom. The Balaban J connectivity index is 3.56. The van der Waals surface area contributed by atoms with Crippen molar-refractivity contribution in [3.05, 3.63) is 0 Å². The third-order valence-electron chi connectivity index (χ3n) is 1.08. The Labute approximate surface area is 72.4 Å². The van der Waals surface area contributed by atoms with Gasteiger partial charge in [-0.2, -0.15) is 0 Å². The Morgan fingerprint density at radius 1 is 1.36 bits per heavy atom. The molecule has 0 saturated heterocycles. The molecule has 3 nitrogen and oxygen atoms in total. The summed E-state index contributed by atoms with van der Waals surface area (Å²) in [6.07, 6.45) is 1.92. The SMILES string of the molecule is CCCCNS(=O)(=O)SCC. The molecule has 0 fully saturated rings. The molecule has 11 heavy (non-hydrogen) atoms. The smallest absolute Gasteiger partial charge is 0.206 e. The minimum Gasteiger partial charge on any atom is -0.206 e. The van der Waals surface area contributed by atoms with Crippen molar-refractivity contribution in [1.29, 1.82) is 0 Å². The van der Waals surface area contributed by atoms with Crippen LogP contribution in [0.15, 0.2) is 0 Å². The fourth-order valence-corrected chi connectivity index (χ4v) is 2.79. The fraction of sp³-hybridized carbons (Fsp3) is 1.00. The Morgan fingerprint density at radius 3 is 2.45 bits per heavy atom. The highest BCUT2D eigenvalue weighted by atomic mass is 33.1. The topological polar surface area (TPSA) is 46.2 Å². The Bertz CT molecular complexity index is 177. The quantitative estimate of drug-likeness (QED) is 0.517. The van der Waals surface area contributed by atoms with Gasteiger partial charge >= 0.3 is 0 Å². The molecular formula is C6H15NO2S2. The molecular weight excluding hydrogens is 182 g/mol. The standard InChI is InChI=1S/C6H15NO2S2/c1-3-5-6-7-11(8,9)10-4-2/h7H,3-6H2,1-2H3. The van der Waals surface area contributed by atoms with Gasteiger partial charge in [-0.3, -0.25) is 0 Å². The molecule has 0 heterocycles. The average molecular weight is 197 g/mol. The highest BCUT2D eigenvalue weighted by Gasteiger charge is 2.06. The van der Waals surface area contributed by atoms with Crippen LogP contribution in [0.2, 0.25) is 0 Å². The monoisotopic (exact) mass is 197 g/mol. The van der Waals surface area contributed by atoms with Crippen LogP contribution in [-0.4, -0.2) is 20.7 Å². The molecule has 0 unspecified atom stereocenters. The second kappa shape index (κ2) is 5.85. The molecule has 0 aromatic heterocycles. The van der Waals surface area contributed by atoms with Gasteiger partial charge in [0.25, 0.3) is 9.06 Å². The minimum absolute atomic E-state index is 0.561. The van der Waals surface area contributed by atoms with E-state index in [9.17, 15) is 8.42 Å². The summed E-state index contributed by atoms with van der Waals surface area (Å²) < 4.78 is 24.4. The number of rotatable bonds is 6. The molecule has 0 spiro atoms. The average Bonchev–Trinajstić information content (AvgIpc) is 1.87. The van der Waals surface area contributed by atoms with Crippen LogP contribution in [0.4, 0.5) is 0 Å². The molecule has 0 bridgehead atoms. The van der Waals surface area contributed by atoms with Crippen molar-refractivity contribution in [3.8, 4) is 0 Å². The highest BCUT2D eigenvalue weighted by molar-refractivity contribution is 8.71. The van der Waals surface area contributed by atoms with Gasteiger partial charge in [-0.25, -0.2) is 13.1 Å². The maximum atomic E-state index is 11.0. The summed E-state index contributed by atoms with van der Waals surface area (Å²) in [4.78, 5) is 0. The van der Waals surface area contributed by atoms with Gasteiger partial charge in [-0.1, -0.05) is 20.3 Å². The van der Waals surface area contributed by atoms with Gasteiger partial charge in [0.1, 0.15) is 0 Å². The molecule has 0 amide bonds. The van der Waals surface area contributed by atoms with Gasteiger partial charge in [-0.05, 0) is 17.2 Å². The van der Waals surface area contributed by atoms with Crippen LogP contribution in [0.1, 0.15) is 26.7 Å². The zero-order chi connectivity index (χ0) is 8.74. The van der Waals surface area contributed by atoms with Crippen LogP contribution in [-0.2, 0) is 9.06 Å². The van der Waals surface area contributed by atoms with Gasteiger partial charge in [-0.15, -0.1) is 0 Å². The van der Waals surface area contributed by atoms with E-state index in [2.05, 4.69) is 4.72 Å². The maximum absolute atomic E-state index is 11.0. The zero-order valence-corrected chi connectivity index (χ0v) is 8.59. The first kappa shape index (κ1) is 11.3. The number of nitrogens with one attached hydrogen (secondary N) is 1. The van der Waals surface area contributed by atoms with Crippen molar-refractivity contribution in [2.75, 3.05) is 12.3 Å². The Kier molecular flexibility index (Phi) is 5.99. The van der Waals surface area contributed by atoms with E-state index in [-0.39, 0.29) is 0 Å². The maximum Gasteiger partial charge on any atom is 0.264 e. The molecule has 5 heteroatoms.